The average Bonchev–Trinajstić information content (AvgIpc) is 3.31. The maximum atomic E-state index is 13.1. The predicted octanol–water partition coefficient (Wildman–Crippen LogP) is 2.52. The molecule has 2 bridgehead atoms. The first-order valence-corrected chi connectivity index (χ1v) is 8.81. The number of alkyl halides is 3. The maximum Gasteiger partial charge on any atom is 0.471 e. The molecule has 28 heavy (non-hydrogen) atoms. The van der Waals surface area contributed by atoms with E-state index in [1.165, 1.54) is 4.90 Å². The number of halogens is 3. The summed E-state index contributed by atoms with van der Waals surface area (Å²) in [5.41, 5.74) is 0.399. The summed E-state index contributed by atoms with van der Waals surface area (Å²) in [6.45, 7) is -0.206. The van der Waals surface area contributed by atoms with E-state index in [2.05, 4.69) is 0 Å². The number of carbonyl (C=O) groups is 3. The van der Waals surface area contributed by atoms with E-state index in [0.29, 0.717) is 16.0 Å². The molecule has 0 spiro atoms. The van der Waals surface area contributed by atoms with Crippen molar-refractivity contribution in [3.05, 3.63) is 42.5 Å². The van der Waals surface area contributed by atoms with Crippen molar-refractivity contribution in [3.63, 3.8) is 0 Å². The lowest BCUT2D eigenvalue weighted by molar-refractivity contribution is -0.188. The van der Waals surface area contributed by atoms with Crippen molar-refractivity contribution in [2.45, 2.75) is 30.7 Å². The Morgan fingerprint density at radius 1 is 1.04 bits per heavy atom. The second-order valence-corrected chi connectivity index (χ2v) is 7.22. The first-order valence-electron chi connectivity index (χ1n) is 8.81. The fourth-order valence-electron chi connectivity index (χ4n) is 4.68. The molecule has 3 aliphatic heterocycles. The molecule has 0 unspecified atom stereocenters. The number of hydrogen-bond donors (Lipinski definition) is 0. The van der Waals surface area contributed by atoms with Crippen LogP contribution in [0.5, 0.6) is 0 Å². The van der Waals surface area contributed by atoms with E-state index in [9.17, 15) is 27.6 Å². The number of amides is 4. The predicted molar refractivity (Wildman–Crippen MR) is 92.4 cm³/mol. The van der Waals surface area contributed by atoms with E-state index in [1.54, 1.807) is 24.3 Å². The SMILES string of the molecule is O=C1[C@@H]2[C@@H]3C[C@@H](CN3C(=O)C(F)(F)F)N2C(=O)N1c1cccc2ccccc12. The van der Waals surface area contributed by atoms with Gasteiger partial charge in [-0.1, -0.05) is 36.4 Å². The van der Waals surface area contributed by atoms with Gasteiger partial charge in [-0.2, -0.15) is 13.2 Å². The number of benzene rings is 2. The molecule has 0 radical (unpaired) electrons. The van der Waals surface area contributed by atoms with Crippen molar-refractivity contribution < 1.29 is 27.6 Å². The third-order valence-electron chi connectivity index (χ3n) is 5.78. The molecule has 2 aromatic rings. The van der Waals surface area contributed by atoms with Gasteiger partial charge in [0, 0.05) is 11.9 Å². The summed E-state index contributed by atoms with van der Waals surface area (Å²) in [4.78, 5) is 40.9. The number of imide groups is 1. The minimum atomic E-state index is -5.00. The zero-order valence-electron chi connectivity index (χ0n) is 14.4. The van der Waals surface area contributed by atoms with Gasteiger partial charge >= 0.3 is 18.1 Å². The number of carbonyl (C=O) groups excluding carboxylic acids is 3. The number of urea groups is 1. The third kappa shape index (κ3) is 2.12. The monoisotopic (exact) mass is 389 g/mol. The number of likely N-dealkylation sites (tertiary alicyclic amines) is 1. The molecule has 2 aromatic carbocycles. The van der Waals surface area contributed by atoms with Crippen LogP contribution in [0.1, 0.15) is 6.42 Å². The summed E-state index contributed by atoms with van der Waals surface area (Å²) in [6, 6.07) is 9.29. The lowest BCUT2D eigenvalue weighted by Crippen LogP contribution is -2.57. The minimum absolute atomic E-state index is 0.188. The molecule has 4 amide bonds. The van der Waals surface area contributed by atoms with Crippen molar-refractivity contribution in [1.82, 2.24) is 9.80 Å². The molecular formula is C19H14F3N3O3. The molecule has 0 saturated carbocycles. The van der Waals surface area contributed by atoms with Crippen molar-refractivity contribution in [1.29, 1.82) is 0 Å². The van der Waals surface area contributed by atoms with Crippen LogP contribution in [0.2, 0.25) is 0 Å². The Bertz CT molecular complexity index is 1030. The van der Waals surface area contributed by atoms with Gasteiger partial charge in [0.25, 0.3) is 5.91 Å². The molecule has 0 aromatic heterocycles. The summed E-state index contributed by atoms with van der Waals surface area (Å²) in [6.07, 6.45) is -4.82. The number of rotatable bonds is 1. The molecule has 3 aliphatic rings. The van der Waals surface area contributed by atoms with Gasteiger partial charge in [-0.15, -0.1) is 0 Å². The van der Waals surface area contributed by atoms with Crippen LogP contribution in [0.25, 0.3) is 10.8 Å². The van der Waals surface area contributed by atoms with E-state index >= 15 is 0 Å². The lowest BCUT2D eigenvalue weighted by Gasteiger charge is -2.35. The Morgan fingerprint density at radius 3 is 2.50 bits per heavy atom. The number of piperazine rings is 1. The zero-order chi connectivity index (χ0) is 19.8. The topological polar surface area (TPSA) is 60.9 Å². The van der Waals surface area contributed by atoms with E-state index in [0.717, 1.165) is 10.3 Å². The summed E-state index contributed by atoms with van der Waals surface area (Å²) in [7, 11) is 0. The van der Waals surface area contributed by atoms with Gasteiger partial charge in [0.2, 0.25) is 0 Å². The zero-order valence-corrected chi connectivity index (χ0v) is 14.4. The molecule has 144 valence electrons. The van der Waals surface area contributed by atoms with Gasteiger partial charge in [-0.3, -0.25) is 9.59 Å². The molecule has 0 N–H and O–H groups in total. The Morgan fingerprint density at radius 2 is 1.75 bits per heavy atom. The molecule has 3 saturated heterocycles. The van der Waals surface area contributed by atoms with Crippen LogP contribution in [-0.4, -0.2) is 58.5 Å². The summed E-state index contributed by atoms with van der Waals surface area (Å²) < 4.78 is 38.7. The molecule has 9 heteroatoms. The Kier molecular flexibility index (Phi) is 3.32. The van der Waals surface area contributed by atoms with Crippen LogP contribution < -0.4 is 4.90 Å². The number of anilines is 1. The van der Waals surface area contributed by atoms with Crippen molar-refractivity contribution in [3.8, 4) is 0 Å². The molecule has 5 rings (SSSR count). The van der Waals surface area contributed by atoms with Crippen molar-refractivity contribution in [2.24, 2.45) is 0 Å². The van der Waals surface area contributed by atoms with E-state index in [1.807, 2.05) is 18.2 Å². The highest BCUT2D eigenvalue weighted by Crippen LogP contribution is 2.44. The standard InChI is InChI=1S/C19H14F3N3O3/c20-19(21,22)17(27)23-9-11-8-14(23)15-16(26)25(18(28)24(11)15)13-7-3-5-10-4-1-2-6-12(10)13/h1-7,11,14-15H,8-9H2/t11-,14-,15-/m0/s1. The average molecular weight is 389 g/mol. The van der Waals surface area contributed by atoms with Gasteiger partial charge in [0.05, 0.1) is 17.8 Å². The summed E-state index contributed by atoms with van der Waals surface area (Å²) in [5.74, 6) is -2.54. The highest BCUT2D eigenvalue weighted by atomic mass is 19.4. The van der Waals surface area contributed by atoms with Gasteiger partial charge in [-0.05, 0) is 17.9 Å². The second kappa shape index (κ2) is 5.46. The minimum Gasteiger partial charge on any atom is -0.327 e. The summed E-state index contributed by atoms with van der Waals surface area (Å²) >= 11 is 0. The molecular weight excluding hydrogens is 375 g/mol. The first kappa shape index (κ1) is 17.0. The van der Waals surface area contributed by atoms with E-state index in [4.69, 9.17) is 0 Å². The van der Waals surface area contributed by atoms with Crippen LogP contribution in [0.15, 0.2) is 42.5 Å². The summed E-state index contributed by atoms with van der Waals surface area (Å²) in [5, 5.41) is 1.54. The van der Waals surface area contributed by atoms with Gasteiger partial charge in [0.1, 0.15) is 6.04 Å². The third-order valence-corrected chi connectivity index (χ3v) is 5.78. The molecule has 3 heterocycles. The Balaban J connectivity index is 1.54. The van der Waals surface area contributed by atoms with Crippen LogP contribution in [-0.2, 0) is 9.59 Å². The maximum absolute atomic E-state index is 13.1. The van der Waals surface area contributed by atoms with Crippen molar-refractivity contribution in [2.75, 3.05) is 11.4 Å². The first-order chi connectivity index (χ1) is 13.3. The second-order valence-electron chi connectivity index (χ2n) is 7.22. The van der Waals surface area contributed by atoms with Crippen LogP contribution in [0, 0.1) is 0 Å². The van der Waals surface area contributed by atoms with Crippen LogP contribution >= 0.6 is 0 Å². The molecule has 3 fully saturated rings. The highest BCUT2D eigenvalue weighted by Gasteiger charge is 2.64. The van der Waals surface area contributed by atoms with E-state index < -0.39 is 42.1 Å². The van der Waals surface area contributed by atoms with Gasteiger partial charge in [0.15, 0.2) is 0 Å². The van der Waals surface area contributed by atoms with Crippen LogP contribution in [0.3, 0.4) is 0 Å². The largest absolute Gasteiger partial charge is 0.471 e. The smallest absolute Gasteiger partial charge is 0.327 e. The Labute approximate surface area is 157 Å². The quantitative estimate of drug-likeness (QED) is 0.705. The van der Waals surface area contributed by atoms with Crippen LogP contribution in [0.4, 0.5) is 23.7 Å². The fraction of sp³-hybridized carbons (Fsp3) is 0.316. The normalized spacial score (nSPS) is 26.5. The van der Waals surface area contributed by atoms with Crippen molar-refractivity contribution >= 4 is 34.3 Å². The molecule has 0 aliphatic carbocycles. The van der Waals surface area contributed by atoms with E-state index in [-0.39, 0.29) is 13.0 Å². The Hall–Kier alpha value is -3.10. The lowest BCUT2D eigenvalue weighted by atomic mass is 10.1. The molecule has 6 nitrogen and oxygen atoms in total. The number of hydrogen-bond acceptors (Lipinski definition) is 3. The number of nitrogens with zero attached hydrogens (tertiary/aromatic N) is 3. The highest BCUT2D eigenvalue weighted by molar-refractivity contribution is 6.25. The number of fused-ring (bicyclic) bond motifs is 6. The van der Waals surface area contributed by atoms with Gasteiger partial charge in [-0.25, -0.2) is 9.69 Å². The van der Waals surface area contributed by atoms with Gasteiger partial charge < -0.3 is 9.80 Å². The molecule has 3 atom stereocenters. The fourth-order valence-corrected chi connectivity index (χ4v) is 4.68.